The first-order chi connectivity index (χ1) is 7.82. The van der Waals surface area contributed by atoms with Gasteiger partial charge in [0, 0.05) is 0 Å². The number of nitro groups is 1. The highest BCUT2D eigenvalue weighted by Crippen LogP contribution is 2.37. The van der Waals surface area contributed by atoms with Crippen molar-refractivity contribution in [2.24, 2.45) is 5.92 Å². The Kier molecular flexibility index (Phi) is 3.90. The largest absolute Gasteiger partial charge is 0.504 e. The van der Waals surface area contributed by atoms with E-state index in [2.05, 4.69) is 0 Å². The Hall–Kier alpha value is -1.82. The van der Waals surface area contributed by atoms with Crippen molar-refractivity contribution in [3.63, 3.8) is 0 Å². The third-order valence-corrected chi connectivity index (χ3v) is 2.37. The fraction of sp³-hybridized carbons (Fsp3) is 0.455. The number of benzene rings is 1. The Bertz CT molecular complexity index is 430. The van der Waals surface area contributed by atoms with E-state index in [9.17, 15) is 25.4 Å². The van der Waals surface area contributed by atoms with Crippen molar-refractivity contribution in [2.45, 2.75) is 26.4 Å². The molecule has 1 rings (SSSR count). The van der Waals surface area contributed by atoms with Gasteiger partial charge in [0.15, 0.2) is 11.5 Å². The molecule has 1 atom stereocenters. The smallest absolute Gasteiger partial charge is 0.279 e. The molecule has 17 heavy (non-hydrogen) atoms. The summed E-state index contributed by atoms with van der Waals surface area (Å²) in [6.45, 7) is 3.74. The second-order valence-corrected chi connectivity index (χ2v) is 4.30. The molecular weight excluding hydrogens is 226 g/mol. The number of nitrogens with zero attached hydrogens (tertiary/aromatic N) is 1. The minimum Gasteiger partial charge on any atom is -0.504 e. The van der Waals surface area contributed by atoms with Gasteiger partial charge in [0.05, 0.1) is 22.7 Å². The molecule has 1 aromatic carbocycles. The van der Waals surface area contributed by atoms with Crippen LogP contribution >= 0.6 is 0 Å². The van der Waals surface area contributed by atoms with Crippen LogP contribution in [0.3, 0.4) is 0 Å². The molecule has 0 aliphatic carbocycles. The summed E-state index contributed by atoms with van der Waals surface area (Å²) in [5.74, 6) is -0.897. The van der Waals surface area contributed by atoms with Gasteiger partial charge in [-0.25, -0.2) is 0 Å². The van der Waals surface area contributed by atoms with E-state index in [0.29, 0.717) is 6.42 Å². The maximum Gasteiger partial charge on any atom is 0.279 e. The molecule has 3 N–H and O–H groups in total. The molecule has 0 amide bonds. The van der Waals surface area contributed by atoms with Crippen LogP contribution in [-0.4, -0.2) is 20.2 Å². The average molecular weight is 241 g/mol. The van der Waals surface area contributed by atoms with Crippen molar-refractivity contribution in [1.29, 1.82) is 0 Å². The van der Waals surface area contributed by atoms with Crippen LogP contribution < -0.4 is 0 Å². The Balaban J connectivity index is 3.20. The van der Waals surface area contributed by atoms with Crippen molar-refractivity contribution in [3.05, 3.63) is 27.8 Å². The van der Waals surface area contributed by atoms with Crippen LogP contribution in [0.25, 0.3) is 0 Å². The summed E-state index contributed by atoms with van der Waals surface area (Å²) in [6.07, 6.45) is -0.702. The van der Waals surface area contributed by atoms with Gasteiger partial charge in [-0.3, -0.25) is 10.1 Å². The Morgan fingerprint density at radius 3 is 2.29 bits per heavy atom. The highest BCUT2D eigenvalue weighted by molar-refractivity contribution is 5.53. The lowest BCUT2D eigenvalue weighted by Crippen LogP contribution is -2.05. The van der Waals surface area contributed by atoms with Crippen LogP contribution in [0.4, 0.5) is 5.69 Å². The van der Waals surface area contributed by atoms with E-state index in [1.807, 2.05) is 13.8 Å². The summed E-state index contributed by atoms with van der Waals surface area (Å²) in [6, 6.07) is 1.87. The van der Waals surface area contributed by atoms with Crippen LogP contribution in [0.1, 0.15) is 31.9 Å². The number of aliphatic hydroxyl groups is 1. The molecule has 0 aliphatic rings. The Labute approximate surface area is 98.3 Å². The predicted molar refractivity (Wildman–Crippen MR) is 60.8 cm³/mol. The van der Waals surface area contributed by atoms with Crippen molar-refractivity contribution in [2.75, 3.05) is 0 Å². The minimum atomic E-state index is -1.04. The monoisotopic (exact) mass is 241 g/mol. The molecule has 6 heteroatoms. The van der Waals surface area contributed by atoms with E-state index in [-0.39, 0.29) is 11.5 Å². The summed E-state index contributed by atoms with van der Waals surface area (Å²) in [5, 5.41) is 39.1. The van der Waals surface area contributed by atoms with E-state index in [1.54, 1.807) is 0 Å². The minimum absolute atomic E-state index is 0.0130. The Morgan fingerprint density at radius 2 is 1.82 bits per heavy atom. The molecule has 0 heterocycles. The normalized spacial score (nSPS) is 12.7. The fourth-order valence-electron chi connectivity index (χ4n) is 1.58. The van der Waals surface area contributed by atoms with Gasteiger partial charge in [-0.05, 0) is 18.4 Å². The highest BCUT2D eigenvalue weighted by Gasteiger charge is 2.23. The standard InChI is InChI=1S/C11H15NO5/c1-6(2)3-9(13)7-4-10(14)11(15)5-8(7)12(16)17/h4-6,9,13-15H,3H2,1-2H3. The van der Waals surface area contributed by atoms with Crippen molar-refractivity contribution in [3.8, 4) is 11.5 Å². The van der Waals surface area contributed by atoms with Gasteiger partial charge in [0.2, 0.25) is 0 Å². The molecule has 1 unspecified atom stereocenters. The van der Waals surface area contributed by atoms with Crippen LogP contribution in [0.15, 0.2) is 12.1 Å². The zero-order chi connectivity index (χ0) is 13.2. The SMILES string of the molecule is CC(C)CC(O)c1cc(O)c(O)cc1[N+](=O)[O-]. The fourth-order valence-corrected chi connectivity index (χ4v) is 1.58. The van der Waals surface area contributed by atoms with E-state index in [0.717, 1.165) is 12.1 Å². The van der Waals surface area contributed by atoms with Gasteiger partial charge in [0.1, 0.15) is 0 Å². The second-order valence-electron chi connectivity index (χ2n) is 4.30. The van der Waals surface area contributed by atoms with E-state index >= 15 is 0 Å². The quantitative estimate of drug-likeness (QED) is 0.425. The van der Waals surface area contributed by atoms with Crippen LogP contribution in [-0.2, 0) is 0 Å². The number of hydrogen-bond acceptors (Lipinski definition) is 5. The third-order valence-electron chi connectivity index (χ3n) is 2.37. The zero-order valence-electron chi connectivity index (χ0n) is 9.62. The summed E-state index contributed by atoms with van der Waals surface area (Å²) in [5.41, 5.74) is -0.382. The summed E-state index contributed by atoms with van der Waals surface area (Å²) in [4.78, 5) is 10.1. The second kappa shape index (κ2) is 5.01. The molecule has 0 saturated carbocycles. The van der Waals surface area contributed by atoms with Crippen molar-refractivity contribution < 1.29 is 20.2 Å². The van der Waals surface area contributed by atoms with E-state index in [1.165, 1.54) is 0 Å². The first kappa shape index (κ1) is 13.2. The number of hydrogen-bond donors (Lipinski definition) is 3. The van der Waals surface area contributed by atoms with Crippen LogP contribution in [0.5, 0.6) is 11.5 Å². The predicted octanol–water partition coefficient (Wildman–Crippen LogP) is 2.09. The van der Waals surface area contributed by atoms with Gasteiger partial charge in [-0.2, -0.15) is 0 Å². The maximum atomic E-state index is 10.8. The molecule has 0 spiro atoms. The number of aliphatic hydroxyl groups excluding tert-OH is 1. The molecule has 0 radical (unpaired) electrons. The van der Waals surface area contributed by atoms with Gasteiger partial charge in [-0.1, -0.05) is 13.8 Å². The molecule has 0 aliphatic heterocycles. The number of nitro benzene ring substituents is 1. The lowest BCUT2D eigenvalue weighted by atomic mass is 9.98. The molecule has 0 aromatic heterocycles. The third kappa shape index (κ3) is 3.07. The van der Waals surface area contributed by atoms with E-state index in [4.69, 9.17) is 0 Å². The van der Waals surface area contributed by atoms with Crippen LogP contribution in [0, 0.1) is 16.0 Å². The number of phenols is 2. The number of phenolic OH excluding ortho intramolecular Hbond substituents is 2. The summed E-state index contributed by atoms with van der Waals surface area (Å²) >= 11 is 0. The molecule has 94 valence electrons. The molecule has 0 saturated heterocycles. The van der Waals surface area contributed by atoms with E-state index < -0.39 is 28.2 Å². The summed E-state index contributed by atoms with van der Waals surface area (Å²) in [7, 11) is 0. The zero-order valence-corrected chi connectivity index (χ0v) is 9.62. The van der Waals surface area contributed by atoms with Gasteiger partial charge in [-0.15, -0.1) is 0 Å². The Morgan fingerprint density at radius 1 is 1.29 bits per heavy atom. The number of rotatable bonds is 4. The first-order valence-corrected chi connectivity index (χ1v) is 5.21. The summed E-state index contributed by atoms with van der Waals surface area (Å²) < 4.78 is 0. The molecule has 6 nitrogen and oxygen atoms in total. The molecule has 1 aromatic rings. The molecular formula is C11H15NO5. The lowest BCUT2D eigenvalue weighted by molar-refractivity contribution is -0.386. The van der Waals surface area contributed by atoms with Gasteiger partial charge in [0.25, 0.3) is 5.69 Å². The maximum absolute atomic E-state index is 10.8. The number of aromatic hydroxyl groups is 2. The highest BCUT2D eigenvalue weighted by atomic mass is 16.6. The van der Waals surface area contributed by atoms with Gasteiger partial charge < -0.3 is 15.3 Å². The van der Waals surface area contributed by atoms with Crippen molar-refractivity contribution in [1.82, 2.24) is 0 Å². The van der Waals surface area contributed by atoms with Gasteiger partial charge >= 0.3 is 0 Å². The molecule has 0 bridgehead atoms. The van der Waals surface area contributed by atoms with Crippen molar-refractivity contribution >= 4 is 5.69 Å². The average Bonchev–Trinajstić information content (AvgIpc) is 2.19. The first-order valence-electron chi connectivity index (χ1n) is 5.21. The van der Waals surface area contributed by atoms with Crippen LogP contribution in [0.2, 0.25) is 0 Å². The topological polar surface area (TPSA) is 104 Å². The lowest BCUT2D eigenvalue weighted by Gasteiger charge is -2.14. The molecule has 0 fully saturated rings.